The van der Waals surface area contributed by atoms with E-state index in [-0.39, 0.29) is 11.9 Å². The highest BCUT2D eigenvalue weighted by molar-refractivity contribution is 6.01. The topological polar surface area (TPSA) is 74.3 Å². The zero-order chi connectivity index (χ0) is 12.5. The highest BCUT2D eigenvalue weighted by Crippen LogP contribution is 2.39. The maximum absolute atomic E-state index is 7.16. The summed E-state index contributed by atoms with van der Waals surface area (Å²) < 4.78 is 0. The van der Waals surface area contributed by atoms with Crippen LogP contribution in [-0.2, 0) is 0 Å². The molecule has 3 aliphatic carbocycles. The van der Waals surface area contributed by atoms with Gasteiger partial charge in [-0.3, -0.25) is 5.41 Å². The molecule has 3 rings (SSSR count). The van der Waals surface area contributed by atoms with Crippen LogP contribution < -0.4 is 11.2 Å². The van der Waals surface area contributed by atoms with Gasteiger partial charge in [0.2, 0.25) is 5.96 Å². The van der Waals surface area contributed by atoms with E-state index in [1.165, 1.54) is 11.1 Å². The number of hydrogen-bond acceptors (Lipinski definition) is 2. The number of nitrogens with one attached hydrogen (secondary N) is 2. The van der Waals surface area contributed by atoms with E-state index in [1.807, 2.05) is 6.08 Å². The van der Waals surface area contributed by atoms with Crippen molar-refractivity contribution in [3.05, 3.63) is 59.8 Å². The molecule has 0 radical (unpaired) electrons. The lowest BCUT2D eigenvalue weighted by molar-refractivity contribution is 0.637. The second kappa shape index (κ2) is 4.14. The highest BCUT2D eigenvalue weighted by Gasteiger charge is 2.33. The number of rotatable bonds is 1. The molecule has 0 amide bonds. The molecule has 0 heterocycles. The summed E-state index contributed by atoms with van der Waals surface area (Å²) in [6.07, 6.45) is 16.8. The number of hydrazone groups is 1. The molecule has 90 valence electrons. The van der Waals surface area contributed by atoms with Crippen LogP contribution in [0.3, 0.4) is 0 Å². The molecule has 0 aromatic carbocycles. The third-order valence-electron chi connectivity index (χ3n) is 3.36. The van der Waals surface area contributed by atoms with Crippen LogP contribution in [0.4, 0.5) is 0 Å². The van der Waals surface area contributed by atoms with Gasteiger partial charge >= 0.3 is 0 Å². The second-order valence-electron chi connectivity index (χ2n) is 4.48. The first-order chi connectivity index (χ1) is 8.75. The third-order valence-corrected chi connectivity index (χ3v) is 3.36. The van der Waals surface area contributed by atoms with Crippen LogP contribution >= 0.6 is 0 Å². The molecule has 0 saturated heterocycles. The molecular weight excluding hydrogens is 224 g/mol. The van der Waals surface area contributed by atoms with Crippen molar-refractivity contribution in [2.75, 3.05) is 0 Å². The summed E-state index contributed by atoms with van der Waals surface area (Å²) in [6, 6.07) is 0. The SMILES string of the molecule is N=C(N)NN=C1C=CC2=CC=CC3=CC=CC1C32. The Morgan fingerprint density at radius 3 is 2.78 bits per heavy atom. The maximum atomic E-state index is 7.16. The molecule has 0 aromatic heterocycles. The van der Waals surface area contributed by atoms with E-state index in [2.05, 4.69) is 53.1 Å². The molecule has 4 nitrogen and oxygen atoms in total. The van der Waals surface area contributed by atoms with E-state index >= 15 is 0 Å². The Hall–Kier alpha value is -2.36. The maximum Gasteiger partial charge on any atom is 0.206 e. The van der Waals surface area contributed by atoms with Crippen molar-refractivity contribution < 1.29 is 0 Å². The molecule has 3 aliphatic rings. The number of guanidine groups is 1. The van der Waals surface area contributed by atoms with E-state index in [1.54, 1.807) is 0 Å². The standard InChI is InChI=1S/C14H14N4/c15-14(16)18-17-12-8-7-10-4-1-3-9-5-2-6-11(12)13(9)10/h1-8,11,13H,(H4,15,16,18). The molecule has 2 unspecified atom stereocenters. The van der Waals surface area contributed by atoms with Crippen molar-refractivity contribution in [2.45, 2.75) is 0 Å². The molecule has 0 bridgehead atoms. The summed E-state index contributed by atoms with van der Waals surface area (Å²) in [5, 5.41) is 11.4. The average Bonchev–Trinajstić information content (AvgIpc) is 2.38. The van der Waals surface area contributed by atoms with Crippen molar-refractivity contribution in [3.63, 3.8) is 0 Å². The van der Waals surface area contributed by atoms with Gasteiger partial charge in [0.05, 0.1) is 5.71 Å². The summed E-state index contributed by atoms with van der Waals surface area (Å²) in [5.74, 6) is 0.423. The second-order valence-corrected chi connectivity index (χ2v) is 4.48. The molecule has 0 spiro atoms. The van der Waals surface area contributed by atoms with Crippen LogP contribution in [0.1, 0.15) is 0 Å². The summed E-state index contributed by atoms with van der Waals surface area (Å²) in [4.78, 5) is 0. The first kappa shape index (κ1) is 10.8. The van der Waals surface area contributed by atoms with E-state index in [9.17, 15) is 0 Å². The quantitative estimate of drug-likeness (QED) is 0.369. The first-order valence-corrected chi connectivity index (χ1v) is 5.88. The molecule has 18 heavy (non-hydrogen) atoms. The molecule has 0 saturated carbocycles. The largest absolute Gasteiger partial charge is 0.369 e. The number of nitrogens with two attached hydrogens (primary N) is 1. The molecule has 4 heteroatoms. The minimum atomic E-state index is -0.142. The lowest BCUT2D eigenvalue weighted by Crippen LogP contribution is -2.33. The normalized spacial score (nSPS) is 29.7. The van der Waals surface area contributed by atoms with Gasteiger partial charge < -0.3 is 5.73 Å². The van der Waals surface area contributed by atoms with Gasteiger partial charge in [-0.1, -0.05) is 42.5 Å². The van der Waals surface area contributed by atoms with Crippen LogP contribution in [0.2, 0.25) is 0 Å². The molecule has 4 N–H and O–H groups in total. The fourth-order valence-electron chi connectivity index (χ4n) is 2.60. The van der Waals surface area contributed by atoms with Gasteiger partial charge in [-0.15, -0.1) is 0 Å². The van der Waals surface area contributed by atoms with E-state index in [0.29, 0.717) is 5.92 Å². The molecular formula is C14H14N4. The van der Waals surface area contributed by atoms with E-state index in [0.717, 1.165) is 5.71 Å². The van der Waals surface area contributed by atoms with Gasteiger partial charge in [-0.25, -0.2) is 5.43 Å². The Morgan fingerprint density at radius 1 is 1.17 bits per heavy atom. The van der Waals surface area contributed by atoms with E-state index < -0.39 is 0 Å². The summed E-state index contributed by atoms with van der Waals surface area (Å²) in [5.41, 5.74) is 11.3. The average molecular weight is 238 g/mol. The fourth-order valence-corrected chi connectivity index (χ4v) is 2.60. The summed E-state index contributed by atoms with van der Waals surface area (Å²) in [6.45, 7) is 0. The van der Waals surface area contributed by atoms with Gasteiger partial charge in [0.25, 0.3) is 0 Å². The van der Waals surface area contributed by atoms with Gasteiger partial charge in [-0.2, -0.15) is 5.10 Å². The fraction of sp³-hybridized carbons (Fsp3) is 0.143. The van der Waals surface area contributed by atoms with Crippen molar-refractivity contribution in [2.24, 2.45) is 22.7 Å². The van der Waals surface area contributed by atoms with E-state index in [4.69, 9.17) is 11.1 Å². The first-order valence-electron chi connectivity index (χ1n) is 5.88. The zero-order valence-electron chi connectivity index (χ0n) is 9.80. The smallest absolute Gasteiger partial charge is 0.206 e. The molecule has 0 fully saturated rings. The van der Waals surface area contributed by atoms with Crippen molar-refractivity contribution >= 4 is 11.7 Å². The van der Waals surface area contributed by atoms with Crippen molar-refractivity contribution in [3.8, 4) is 0 Å². The zero-order valence-corrected chi connectivity index (χ0v) is 9.80. The molecule has 0 aromatic rings. The molecule has 0 aliphatic heterocycles. The number of nitrogens with zero attached hydrogens (tertiary/aromatic N) is 1. The van der Waals surface area contributed by atoms with Crippen LogP contribution in [0.5, 0.6) is 0 Å². The van der Waals surface area contributed by atoms with Gasteiger partial charge in [-0.05, 0) is 17.2 Å². The minimum absolute atomic E-state index is 0.142. The van der Waals surface area contributed by atoms with Crippen molar-refractivity contribution in [1.82, 2.24) is 5.43 Å². The Labute approximate surface area is 105 Å². The van der Waals surface area contributed by atoms with Gasteiger partial charge in [0, 0.05) is 11.8 Å². The predicted molar refractivity (Wildman–Crippen MR) is 73.1 cm³/mol. The van der Waals surface area contributed by atoms with Crippen LogP contribution in [0, 0.1) is 17.2 Å². The Balaban J connectivity index is 2.00. The predicted octanol–water partition coefficient (Wildman–Crippen LogP) is 1.62. The van der Waals surface area contributed by atoms with Crippen LogP contribution in [-0.4, -0.2) is 11.7 Å². The van der Waals surface area contributed by atoms with Crippen molar-refractivity contribution in [1.29, 1.82) is 5.41 Å². The summed E-state index contributed by atoms with van der Waals surface area (Å²) >= 11 is 0. The lowest BCUT2D eigenvalue weighted by Gasteiger charge is -2.34. The van der Waals surface area contributed by atoms with Gasteiger partial charge in [0.15, 0.2) is 0 Å². The van der Waals surface area contributed by atoms with Crippen LogP contribution in [0.25, 0.3) is 0 Å². The Kier molecular flexibility index (Phi) is 2.48. The summed E-state index contributed by atoms with van der Waals surface area (Å²) in [7, 11) is 0. The minimum Gasteiger partial charge on any atom is -0.369 e. The monoisotopic (exact) mass is 238 g/mol. The Morgan fingerprint density at radius 2 is 1.94 bits per heavy atom. The Bertz CT molecular complexity index is 573. The highest BCUT2D eigenvalue weighted by atomic mass is 15.3. The lowest BCUT2D eigenvalue weighted by atomic mass is 9.70. The van der Waals surface area contributed by atoms with Gasteiger partial charge in [0.1, 0.15) is 0 Å². The van der Waals surface area contributed by atoms with Crippen LogP contribution in [0.15, 0.2) is 64.9 Å². The third kappa shape index (κ3) is 1.72. The number of allylic oxidation sites excluding steroid dienone is 10. The number of hydrogen-bond donors (Lipinski definition) is 3. The molecule has 2 atom stereocenters.